The van der Waals surface area contributed by atoms with Gasteiger partial charge >= 0.3 is 6.03 Å². The number of aromatic nitrogens is 2. The number of hydrogen-bond donors (Lipinski definition) is 2. The predicted octanol–water partition coefficient (Wildman–Crippen LogP) is 1.79. The number of hydrogen-bond acceptors (Lipinski definition) is 3. The normalized spacial score (nSPS) is 18.0. The number of amides is 2. The molecule has 6 heteroatoms. The van der Waals surface area contributed by atoms with E-state index in [0.29, 0.717) is 13.1 Å². The third kappa shape index (κ3) is 3.90. The minimum Gasteiger partial charge on any atom is -0.396 e. The number of nitrogens with one attached hydrogen (secondary N) is 1. The van der Waals surface area contributed by atoms with Gasteiger partial charge in [0.1, 0.15) is 0 Å². The van der Waals surface area contributed by atoms with E-state index in [9.17, 15) is 9.90 Å². The van der Waals surface area contributed by atoms with Gasteiger partial charge in [-0.2, -0.15) is 5.10 Å². The van der Waals surface area contributed by atoms with Crippen LogP contribution in [0.25, 0.3) is 5.69 Å². The first-order valence-electron chi connectivity index (χ1n) is 7.99. The number of piperidine rings is 1. The van der Waals surface area contributed by atoms with Crippen LogP contribution in [0.4, 0.5) is 4.79 Å². The first-order valence-corrected chi connectivity index (χ1v) is 7.99. The molecule has 1 fully saturated rings. The van der Waals surface area contributed by atoms with Crippen LogP contribution < -0.4 is 5.32 Å². The SMILES string of the molecule is O=C(NCc1cccc(-n2cccn2)c1)N1CCCC(CO)C1. The van der Waals surface area contributed by atoms with Gasteiger partial charge < -0.3 is 15.3 Å². The molecule has 0 aliphatic carbocycles. The van der Waals surface area contributed by atoms with Gasteiger partial charge in [0.05, 0.1) is 5.69 Å². The highest BCUT2D eigenvalue weighted by Crippen LogP contribution is 2.16. The molecule has 1 atom stereocenters. The van der Waals surface area contributed by atoms with Gasteiger partial charge in [0.25, 0.3) is 0 Å². The second-order valence-corrected chi connectivity index (χ2v) is 5.92. The molecule has 2 N–H and O–H groups in total. The van der Waals surface area contributed by atoms with Crippen molar-refractivity contribution in [3.63, 3.8) is 0 Å². The van der Waals surface area contributed by atoms with Crippen LogP contribution >= 0.6 is 0 Å². The van der Waals surface area contributed by atoms with Gasteiger partial charge in [-0.1, -0.05) is 12.1 Å². The van der Waals surface area contributed by atoms with Gasteiger partial charge in [-0.05, 0) is 42.5 Å². The first-order chi connectivity index (χ1) is 11.3. The highest BCUT2D eigenvalue weighted by molar-refractivity contribution is 5.74. The molecule has 1 saturated heterocycles. The van der Waals surface area contributed by atoms with E-state index in [1.807, 2.05) is 36.5 Å². The zero-order chi connectivity index (χ0) is 16.1. The molecule has 0 radical (unpaired) electrons. The zero-order valence-corrected chi connectivity index (χ0v) is 13.1. The monoisotopic (exact) mass is 314 g/mol. The van der Waals surface area contributed by atoms with Gasteiger partial charge in [-0.25, -0.2) is 9.48 Å². The van der Waals surface area contributed by atoms with E-state index in [4.69, 9.17) is 0 Å². The Labute approximate surface area is 135 Å². The number of likely N-dealkylation sites (tertiary alicyclic amines) is 1. The maximum absolute atomic E-state index is 12.3. The van der Waals surface area contributed by atoms with Crippen molar-refractivity contribution in [2.45, 2.75) is 19.4 Å². The highest BCUT2D eigenvalue weighted by Gasteiger charge is 2.22. The maximum Gasteiger partial charge on any atom is 0.317 e. The lowest BCUT2D eigenvalue weighted by Crippen LogP contribution is -2.45. The Morgan fingerprint density at radius 2 is 2.30 bits per heavy atom. The standard InChI is InChI=1S/C17H22N4O2/c22-13-15-5-2-8-20(12-15)17(23)18-11-14-4-1-6-16(10-14)21-9-3-7-19-21/h1,3-4,6-7,9-10,15,22H,2,5,8,11-13H2,(H,18,23). The van der Waals surface area contributed by atoms with E-state index >= 15 is 0 Å². The van der Waals surface area contributed by atoms with Crippen molar-refractivity contribution in [1.82, 2.24) is 20.0 Å². The summed E-state index contributed by atoms with van der Waals surface area (Å²) in [6, 6.07) is 9.76. The summed E-state index contributed by atoms with van der Waals surface area (Å²) in [5, 5.41) is 16.4. The topological polar surface area (TPSA) is 70.4 Å². The second kappa shape index (κ2) is 7.28. The predicted molar refractivity (Wildman–Crippen MR) is 87.2 cm³/mol. The summed E-state index contributed by atoms with van der Waals surface area (Å²) >= 11 is 0. The van der Waals surface area contributed by atoms with Gasteiger partial charge in [-0.15, -0.1) is 0 Å². The molecule has 23 heavy (non-hydrogen) atoms. The molecule has 122 valence electrons. The second-order valence-electron chi connectivity index (χ2n) is 5.92. The van der Waals surface area contributed by atoms with Crippen LogP contribution in [0.15, 0.2) is 42.7 Å². The lowest BCUT2D eigenvalue weighted by atomic mass is 9.99. The first kappa shape index (κ1) is 15.6. The Morgan fingerprint density at radius 3 is 3.09 bits per heavy atom. The van der Waals surface area contributed by atoms with E-state index in [1.54, 1.807) is 15.8 Å². The summed E-state index contributed by atoms with van der Waals surface area (Å²) in [7, 11) is 0. The largest absolute Gasteiger partial charge is 0.396 e. The van der Waals surface area contributed by atoms with Crippen molar-refractivity contribution in [1.29, 1.82) is 0 Å². The Balaban J connectivity index is 1.58. The number of aliphatic hydroxyl groups is 1. The Kier molecular flexibility index (Phi) is 4.92. The summed E-state index contributed by atoms with van der Waals surface area (Å²) in [5.41, 5.74) is 2.00. The molecule has 2 heterocycles. The van der Waals surface area contributed by atoms with Crippen LogP contribution in [-0.4, -0.2) is 45.5 Å². The van der Waals surface area contributed by atoms with Gasteiger partial charge in [0.2, 0.25) is 0 Å². The average molecular weight is 314 g/mol. The lowest BCUT2D eigenvalue weighted by Gasteiger charge is -2.31. The summed E-state index contributed by atoms with van der Waals surface area (Å²) in [4.78, 5) is 14.1. The van der Waals surface area contributed by atoms with Crippen molar-refractivity contribution in [2.24, 2.45) is 5.92 Å². The Hall–Kier alpha value is -2.34. The van der Waals surface area contributed by atoms with Gasteiger partial charge in [0, 0.05) is 38.6 Å². The van der Waals surface area contributed by atoms with Crippen LogP contribution in [0.3, 0.4) is 0 Å². The maximum atomic E-state index is 12.3. The van der Waals surface area contributed by atoms with Crippen LogP contribution in [0.5, 0.6) is 0 Å². The van der Waals surface area contributed by atoms with Crippen molar-refractivity contribution in [2.75, 3.05) is 19.7 Å². The van der Waals surface area contributed by atoms with E-state index in [-0.39, 0.29) is 18.6 Å². The summed E-state index contributed by atoms with van der Waals surface area (Å²) in [5.74, 6) is 0.206. The van der Waals surface area contributed by atoms with Crippen molar-refractivity contribution >= 4 is 6.03 Å². The van der Waals surface area contributed by atoms with Crippen molar-refractivity contribution in [3.8, 4) is 5.69 Å². The number of aliphatic hydroxyl groups excluding tert-OH is 1. The van der Waals surface area contributed by atoms with Crippen LogP contribution in [0.2, 0.25) is 0 Å². The average Bonchev–Trinajstić information content (AvgIpc) is 3.14. The molecule has 1 unspecified atom stereocenters. The van der Waals surface area contributed by atoms with Crippen LogP contribution in [-0.2, 0) is 6.54 Å². The number of carbonyl (C=O) groups excluding carboxylic acids is 1. The molecule has 1 aliphatic rings. The number of rotatable bonds is 4. The van der Waals surface area contributed by atoms with Gasteiger partial charge in [0.15, 0.2) is 0 Å². The van der Waals surface area contributed by atoms with E-state index in [2.05, 4.69) is 10.4 Å². The smallest absolute Gasteiger partial charge is 0.317 e. The van der Waals surface area contributed by atoms with Crippen LogP contribution in [0.1, 0.15) is 18.4 Å². The molecule has 1 aromatic heterocycles. The molecular formula is C17H22N4O2. The van der Waals surface area contributed by atoms with E-state index in [0.717, 1.165) is 30.6 Å². The molecule has 6 nitrogen and oxygen atoms in total. The molecule has 0 saturated carbocycles. The molecule has 0 spiro atoms. The summed E-state index contributed by atoms with van der Waals surface area (Å²) < 4.78 is 1.79. The van der Waals surface area contributed by atoms with Crippen molar-refractivity contribution in [3.05, 3.63) is 48.3 Å². The third-order valence-corrected chi connectivity index (χ3v) is 4.19. The Bertz CT molecular complexity index is 642. The van der Waals surface area contributed by atoms with E-state index < -0.39 is 0 Å². The minimum atomic E-state index is -0.0624. The lowest BCUT2D eigenvalue weighted by molar-refractivity contribution is 0.129. The number of nitrogens with zero attached hydrogens (tertiary/aromatic N) is 3. The molecule has 2 amide bonds. The Morgan fingerprint density at radius 1 is 1.39 bits per heavy atom. The zero-order valence-electron chi connectivity index (χ0n) is 13.1. The summed E-state index contributed by atoms with van der Waals surface area (Å²) in [6.07, 6.45) is 5.57. The highest BCUT2D eigenvalue weighted by atomic mass is 16.3. The third-order valence-electron chi connectivity index (χ3n) is 4.19. The molecule has 0 bridgehead atoms. The number of urea groups is 1. The van der Waals surface area contributed by atoms with Crippen LogP contribution in [0, 0.1) is 5.92 Å². The molecule has 1 aliphatic heterocycles. The fourth-order valence-corrected chi connectivity index (χ4v) is 2.92. The number of carbonyl (C=O) groups is 1. The fraction of sp³-hybridized carbons (Fsp3) is 0.412. The fourth-order valence-electron chi connectivity index (χ4n) is 2.92. The van der Waals surface area contributed by atoms with Gasteiger partial charge in [-0.3, -0.25) is 0 Å². The minimum absolute atomic E-state index is 0.0624. The molecule has 1 aromatic carbocycles. The van der Waals surface area contributed by atoms with E-state index in [1.165, 1.54) is 0 Å². The molecule has 2 aromatic rings. The molecular weight excluding hydrogens is 292 g/mol. The number of benzene rings is 1. The van der Waals surface area contributed by atoms with Crippen molar-refractivity contribution < 1.29 is 9.90 Å². The quantitative estimate of drug-likeness (QED) is 0.904. The summed E-state index contributed by atoms with van der Waals surface area (Å²) in [6.45, 7) is 2.02. The molecule has 3 rings (SSSR count).